The summed E-state index contributed by atoms with van der Waals surface area (Å²) < 4.78 is 1.77. The highest BCUT2D eigenvalue weighted by Gasteiger charge is 2.23. The first-order valence-corrected chi connectivity index (χ1v) is 9.65. The van der Waals surface area contributed by atoms with E-state index in [1.54, 1.807) is 4.68 Å². The molecule has 1 aromatic rings. The quantitative estimate of drug-likeness (QED) is 0.891. The topological polar surface area (TPSA) is 33.1 Å². The average molecular weight is 339 g/mol. The Morgan fingerprint density at radius 2 is 1.96 bits per heavy atom. The molecule has 23 heavy (non-hydrogen) atoms. The van der Waals surface area contributed by atoms with E-state index >= 15 is 0 Å². The number of hydrogen-bond donors (Lipinski definition) is 1. The third kappa shape index (κ3) is 4.49. The Labute approximate surface area is 145 Å². The van der Waals surface area contributed by atoms with E-state index in [0.717, 1.165) is 28.9 Å². The highest BCUT2D eigenvalue weighted by atomic mass is 35.5. The van der Waals surface area contributed by atoms with Gasteiger partial charge in [-0.15, -0.1) is 0 Å². The number of halogens is 1. The van der Waals surface area contributed by atoms with Gasteiger partial charge in [-0.25, -0.2) is 0 Å². The Morgan fingerprint density at radius 3 is 2.65 bits per heavy atom. The van der Waals surface area contributed by atoms with Gasteiger partial charge in [0.25, 0.3) is 0 Å². The van der Waals surface area contributed by atoms with Crippen molar-refractivity contribution in [3.8, 4) is 0 Å². The summed E-state index contributed by atoms with van der Waals surface area (Å²) in [6.07, 6.45) is 9.81. The predicted octanol–water partition coefficient (Wildman–Crippen LogP) is 3.52. The molecule has 0 aromatic carbocycles. The molecule has 1 aliphatic heterocycles. The van der Waals surface area contributed by atoms with E-state index in [2.05, 4.69) is 15.3 Å². The van der Waals surface area contributed by atoms with Gasteiger partial charge in [0.15, 0.2) is 0 Å². The summed E-state index contributed by atoms with van der Waals surface area (Å²) in [5.41, 5.74) is 2.19. The van der Waals surface area contributed by atoms with Crippen LogP contribution in [0.15, 0.2) is 0 Å². The zero-order chi connectivity index (χ0) is 16.2. The minimum Gasteiger partial charge on any atom is -0.308 e. The largest absolute Gasteiger partial charge is 0.308 e. The number of piperidine rings is 1. The van der Waals surface area contributed by atoms with Crippen molar-refractivity contribution in [2.75, 3.05) is 19.6 Å². The van der Waals surface area contributed by atoms with Crippen molar-refractivity contribution in [2.45, 2.75) is 64.5 Å². The fraction of sp³-hybridized carbons (Fsp3) is 0.833. The van der Waals surface area contributed by atoms with E-state index in [-0.39, 0.29) is 0 Å². The predicted molar refractivity (Wildman–Crippen MR) is 95.8 cm³/mol. The first kappa shape index (κ1) is 17.2. The van der Waals surface area contributed by atoms with E-state index in [0.29, 0.717) is 6.04 Å². The standard InChI is InChI=1S/C18H31ClN4/c1-14-17(18(19)22(2)21-14)11-20-16-9-6-10-23(13-16)12-15-7-4-3-5-8-15/h15-16,20H,3-13H2,1-2H3. The summed E-state index contributed by atoms with van der Waals surface area (Å²) in [6.45, 7) is 6.65. The van der Waals surface area contributed by atoms with Crippen molar-refractivity contribution in [1.82, 2.24) is 20.0 Å². The van der Waals surface area contributed by atoms with Crippen LogP contribution in [0, 0.1) is 12.8 Å². The van der Waals surface area contributed by atoms with E-state index in [1.165, 1.54) is 64.6 Å². The zero-order valence-corrected chi connectivity index (χ0v) is 15.4. The van der Waals surface area contributed by atoms with Crippen LogP contribution in [-0.4, -0.2) is 40.4 Å². The van der Waals surface area contributed by atoms with Crippen LogP contribution in [0.3, 0.4) is 0 Å². The van der Waals surface area contributed by atoms with Crippen LogP contribution in [0.25, 0.3) is 0 Å². The van der Waals surface area contributed by atoms with Crippen molar-refractivity contribution < 1.29 is 0 Å². The first-order chi connectivity index (χ1) is 11.1. The van der Waals surface area contributed by atoms with Gasteiger partial charge in [-0.05, 0) is 45.1 Å². The number of hydrogen-bond acceptors (Lipinski definition) is 3. The van der Waals surface area contributed by atoms with E-state index in [4.69, 9.17) is 11.6 Å². The van der Waals surface area contributed by atoms with Gasteiger partial charge in [0.2, 0.25) is 0 Å². The molecule has 2 fully saturated rings. The number of aromatic nitrogens is 2. The van der Waals surface area contributed by atoms with Crippen LogP contribution >= 0.6 is 11.6 Å². The minimum absolute atomic E-state index is 0.586. The van der Waals surface area contributed by atoms with Crippen molar-refractivity contribution in [1.29, 1.82) is 0 Å². The number of likely N-dealkylation sites (tertiary alicyclic amines) is 1. The van der Waals surface area contributed by atoms with E-state index in [9.17, 15) is 0 Å². The minimum atomic E-state index is 0.586. The van der Waals surface area contributed by atoms with Gasteiger partial charge in [-0.2, -0.15) is 5.10 Å². The van der Waals surface area contributed by atoms with Crippen molar-refractivity contribution in [3.05, 3.63) is 16.4 Å². The molecule has 4 nitrogen and oxygen atoms in total. The van der Waals surface area contributed by atoms with Crippen LogP contribution in [-0.2, 0) is 13.6 Å². The SMILES string of the molecule is Cc1nn(C)c(Cl)c1CNC1CCCN(CC2CCCCC2)C1. The summed E-state index contributed by atoms with van der Waals surface area (Å²) in [5, 5.41) is 8.89. The first-order valence-electron chi connectivity index (χ1n) is 9.27. The van der Waals surface area contributed by atoms with Crippen LogP contribution < -0.4 is 5.32 Å². The van der Waals surface area contributed by atoms with E-state index in [1.807, 2.05) is 14.0 Å². The third-order valence-corrected chi connectivity index (χ3v) is 6.06. The van der Waals surface area contributed by atoms with Gasteiger partial charge in [-0.1, -0.05) is 30.9 Å². The number of nitrogens with zero attached hydrogens (tertiary/aromatic N) is 3. The van der Waals surface area contributed by atoms with Gasteiger partial charge in [0.1, 0.15) is 5.15 Å². The van der Waals surface area contributed by atoms with Crippen molar-refractivity contribution in [3.63, 3.8) is 0 Å². The molecule has 0 amide bonds. The average Bonchev–Trinajstić information content (AvgIpc) is 2.79. The molecule has 1 atom stereocenters. The van der Waals surface area contributed by atoms with Crippen LogP contribution in [0.4, 0.5) is 0 Å². The molecular weight excluding hydrogens is 308 g/mol. The van der Waals surface area contributed by atoms with Gasteiger partial charge in [0.05, 0.1) is 5.69 Å². The van der Waals surface area contributed by atoms with Gasteiger partial charge in [-0.3, -0.25) is 4.68 Å². The van der Waals surface area contributed by atoms with Crippen LogP contribution in [0.5, 0.6) is 0 Å². The molecule has 3 rings (SSSR count). The highest BCUT2D eigenvalue weighted by Crippen LogP contribution is 2.25. The normalized spacial score (nSPS) is 24.2. The number of rotatable bonds is 5. The molecule has 1 saturated carbocycles. The lowest BCUT2D eigenvalue weighted by Gasteiger charge is -2.36. The summed E-state index contributed by atoms with van der Waals surface area (Å²) in [7, 11) is 1.91. The Balaban J connectivity index is 1.48. The second-order valence-corrected chi connectivity index (χ2v) is 7.82. The van der Waals surface area contributed by atoms with Crippen LogP contribution in [0.2, 0.25) is 5.15 Å². The lowest BCUT2D eigenvalue weighted by atomic mass is 9.88. The zero-order valence-electron chi connectivity index (χ0n) is 14.7. The summed E-state index contributed by atoms with van der Waals surface area (Å²) in [4.78, 5) is 2.69. The highest BCUT2D eigenvalue weighted by molar-refractivity contribution is 6.30. The maximum atomic E-state index is 6.34. The maximum Gasteiger partial charge on any atom is 0.131 e. The molecule has 130 valence electrons. The van der Waals surface area contributed by atoms with Crippen molar-refractivity contribution in [2.24, 2.45) is 13.0 Å². The molecule has 0 radical (unpaired) electrons. The molecule has 1 N–H and O–H groups in total. The second kappa shape index (κ2) is 8.00. The fourth-order valence-electron chi connectivity index (χ4n) is 4.24. The molecule has 1 aliphatic carbocycles. The van der Waals surface area contributed by atoms with Gasteiger partial charge < -0.3 is 10.2 Å². The third-order valence-electron chi connectivity index (χ3n) is 5.58. The molecule has 1 aromatic heterocycles. The van der Waals surface area contributed by atoms with E-state index < -0.39 is 0 Å². The maximum absolute atomic E-state index is 6.34. The van der Waals surface area contributed by atoms with Crippen molar-refractivity contribution >= 4 is 11.6 Å². The molecule has 5 heteroatoms. The smallest absolute Gasteiger partial charge is 0.131 e. The van der Waals surface area contributed by atoms with Gasteiger partial charge in [0, 0.05) is 38.3 Å². The summed E-state index contributed by atoms with van der Waals surface area (Å²) >= 11 is 6.34. The summed E-state index contributed by atoms with van der Waals surface area (Å²) in [5.74, 6) is 0.942. The lowest BCUT2D eigenvalue weighted by molar-refractivity contribution is 0.149. The van der Waals surface area contributed by atoms with Gasteiger partial charge >= 0.3 is 0 Å². The second-order valence-electron chi connectivity index (χ2n) is 7.46. The molecule has 2 aliphatic rings. The monoisotopic (exact) mass is 338 g/mol. The molecule has 2 heterocycles. The molecule has 0 bridgehead atoms. The Kier molecular flexibility index (Phi) is 6.00. The molecule has 1 unspecified atom stereocenters. The Hall–Kier alpha value is -0.580. The Morgan fingerprint density at radius 1 is 1.17 bits per heavy atom. The number of aryl methyl sites for hydroxylation is 2. The summed E-state index contributed by atoms with van der Waals surface area (Å²) in [6, 6.07) is 0.586. The Bertz CT molecular complexity index is 507. The lowest BCUT2D eigenvalue weighted by Crippen LogP contribution is -2.47. The number of nitrogens with one attached hydrogen (secondary N) is 1. The molecule has 0 spiro atoms. The molecular formula is C18H31ClN4. The fourth-order valence-corrected chi connectivity index (χ4v) is 4.49. The van der Waals surface area contributed by atoms with Crippen LogP contribution in [0.1, 0.15) is 56.2 Å². The molecule has 1 saturated heterocycles.